The molecule has 1 rings (SSSR count). The van der Waals surface area contributed by atoms with Crippen LogP contribution in [-0.4, -0.2) is 13.6 Å². The summed E-state index contributed by atoms with van der Waals surface area (Å²) in [6.07, 6.45) is 5.10. The van der Waals surface area contributed by atoms with Crippen LogP contribution in [0.1, 0.15) is 18.6 Å². The van der Waals surface area contributed by atoms with E-state index in [1.165, 1.54) is 6.42 Å². The van der Waals surface area contributed by atoms with Crippen molar-refractivity contribution in [2.24, 2.45) is 0 Å². The second kappa shape index (κ2) is 4.97. The zero-order valence-corrected chi connectivity index (χ0v) is 6.92. The van der Waals surface area contributed by atoms with Crippen LogP contribution in [0.25, 0.3) is 0 Å². The molecule has 0 unspecified atom stereocenters. The topological polar surface area (TPSA) is 27.2 Å². The lowest BCUT2D eigenvalue weighted by Crippen LogP contribution is -1.99. The first-order chi connectivity index (χ1) is 5.43. The molecule has 0 N–H and O–H groups in total. The molecule has 0 saturated carbocycles. The summed E-state index contributed by atoms with van der Waals surface area (Å²) in [6.45, 7) is 0.973. The molecule has 0 spiro atoms. The largest absolute Gasteiger partial charge is 0.469 e. The molecule has 0 fully saturated rings. The highest BCUT2D eigenvalue weighted by atomic mass is 16.3. The Kier molecular flexibility index (Phi) is 3.76. The molecule has 0 aromatic carbocycles. The molecule has 0 bridgehead atoms. The Morgan fingerprint density at radius 2 is 2.36 bits per heavy atom. The van der Waals surface area contributed by atoms with Crippen LogP contribution in [0.4, 0.5) is 0 Å². The fourth-order valence-electron chi connectivity index (χ4n) is 1.02. The van der Waals surface area contributed by atoms with Gasteiger partial charge in [-0.1, -0.05) is 0 Å². The van der Waals surface area contributed by atoms with E-state index in [0.29, 0.717) is 0 Å². The first kappa shape index (κ1) is 8.34. The first-order valence-corrected chi connectivity index (χ1v) is 4.01. The summed E-state index contributed by atoms with van der Waals surface area (Å²) in [5.41, 5.74) is 0. The van der Waals surface area contributed by atoms with Crippen molar-refractivity contribution in [2.45, 2.75) is 19.3 Å². The van der Waals surface area contributed by atoms with Crippen LogP contribution in [0.3, 0.4) is 0 Å². The Labute approximate surface area is 67.6 Å². The van der Waals surface area contributed by atoms with E-state index in [0.717, 1.165) is 25.1 Å². The lowest BCUT2D eigenvalue weighted by atomic mass is 10.2. The van der Waals surface area contributed by atoms with Crippen molar-refractivity contribution in [1.82, 2.24) is 5.32 Å². The summed E-state index contributed by atoms with van der Waals surface area (Å²) in [5, 5.41) is 4.02. The lowest BCUT2D eigenvalue weighted by molar-refractivity contribution is 0.496. The SMILES string of the molecule is C[N]CCCCc1ccco1. The molecule has 1 aromatic rings. The van der Waals surface area contributed by atoms with Crippen LogP contribution in [0.5, 0.6) is 0 Å². The number of hydrogen-bond donors (Lipinski definition) is 0. The number of aryl methyl sites for hydroxylation is 1. The lowest BCUT2D eigenvalue weighted by Gasteiger charge is -1.95. The number of hydrogen-bond acceptors (Lipinski definition) is 1. The van der Waals surface area contributed by atoms with Gasteiger partial charge in [0.2, 0.25) is 0 Å². The molecule has 1 radical (unpaired) electrons. The molecular formula is C9H14NO. The maximum atomic E-state index is 5.18. The Hall–Kier alpha value is -0.760. The molecule has 11 heavy (non-hydrogen) atoms. The number of unbranched alkanes of at least 4 members (excludes halogenated alkanes) is 1. The van der Waals surface area contributed by atoms with E-state index in [-0.39, 0.29) is 0 Å². The van der Waals surface area contributed by atoms with Gasteiger partial charge >= 0.3 is 0 Å². The van der Waals surface area contributed by atoms with Gasteiger partial charge in [0.25, 0.3) is 0 Å². The highest BCUT2D eigenvalue weighted by molar-refractivity contribution is 4.97. The third-order valence-corrected chi connectivity index (χ3v) is 1.63. The van der Waals surface area contributed by atoms with Crippen molar-refractivity contribution in [2.75, 3.05) is 13.6 Å². The zero-order valence-electron chi connectivity index (χ0n) is 6.92. The van der Waals surface area contributed by atoms with Gasteiger partial charge in [-0.25, -0.2) is 5.32 Å². The van der Waals surface area contributed by atoms with Gasteiger partial charge in [0.05, 0.1) is 6.26 Å². The first-order valence-electron chi connectivity index (χ1n) is 4.01. The Balaban J connectivity index is 2.04. The van der Waals surface area contributed by atoms with E-state index in [4.69, 9.17) is 4.42 Å². The van der Waals surface area contributed by atoms with E-state index in [9.17, 15) is 0 Å². The van der Waals surface area contributed by atoms with Gasteiger partial charge in [-0.3, -0.25) is 0 Å². The molecule has 0 aliphatic rings. The van der Waals surface area contributed by atoms with Gasteiger partial charge in [-0.15, -0.1) is 0 Å². The smallest absolute Gasteiger partial charge is 0.103 e. The van der Waals surface area contributed by atoms with Crippen molar-refractivity contribution < 1.29 is 4.42 Å². The average Bonchev–Trinajstić information content (AvgIpc) is 2.50. The number of furan rings is 1. The minimum absolute atomic E-state index is 0.973. The molecule has 0 aliphatic carbocycles. The summed E-state index contributed by atoms with van der Waals surface area (Å²) in [7, 11) is 1.85. The molecular weight excluding hydrogens is 138 g/mol. The predicted octanol–water partition coefficient (Wildman–Crippen LogP) is 1.84. The van der Waals surface area contributed by atoms with Crippen LogP contribution in [0, 0.1) is 0 Å². The van der Waals surface area contributed by atoms with Crippen molar-refractivity contribution in [3.05, 3.63) is 24.2 Å². The van der Waals surface area contributed by atoms with Gasteiger partial charge in [-0.05, 0) is 25.0 Å². The average molecular weight is 152 g/mol. The standard InChI is InChI=1S/C9H14NO/c1-10-7-3-2-5-9-6-4-8-11-9/h4,6,8H,2-3,5,7H2,1H3. The second-order valence-electron chi connectivity index (χ2n) is 2.58. The van der Waals surface area contributed by atoms with Crippen LogP contribution in [0.2, 0.25) is 0 Å². The zero-order chi connectivity index (χ0) is 7.94. The van der Waals surface area contributed by atoms with Crippen molar-refractivity contribution >= 4 is 0 Å². The second-order valence-corrected chi connectivity index (χ2v) is 2.58. The quantitative estimate of drug-likeness (QED) is 0.591. The van der Waals surface area contributed by atoms with E-state index in [1.54, 1.807) is 6.26 Å². The van der Waals surface area contributed by atoms with Gasteiger partial charge < -0.3 is 4.42 Å². The Morgan fingerprint density at radius 1 is 1.45 bits per heavy atom. The minimum atomic E-state index is 0.973. The van der Waals surface area contributed by atoms with E-state index >= 15 is 0 Å². The molecule has 1 aromatic heterocycles. The van der Waals surface area contributed by atoms with E-state index in [2.05, 4.69) is 5.32 Å². The van der Waals surface area contributed by atoms with Gasteiger partial charge in [0.1, 0.15) is 5.76 Å². The van der Waals surface area contributed by atoms with Crippen molar-refractivity contribution in [3.8, 4) is 0 Å². The summed E-state index contributed by atoms with van der Waals surface area (Å²) >= 11 is 0. The van der Waals surface area contributed by atoms with Gasteiger partial charge in [0.15, 0.2) is 0 Å². The van der Waals surface area contributed by atoms with Crippen LogP contribution < -0.4 is 5.32 Å². The molecule has 0 atom stereocenters. The van der Waals surface area contributed by atoms with Crippen molar-refractivity contribution in [1.29, 1.82) is 0 Å². The normalized spacial score (nSPS) is 10.3. The summed E-state index contributed by atoms with van der Waals surface area (Å²) < 4.78 is 5.18. The Bertz CT molecular complexity index is 170. The highest BCUT2D eigenvalue weighted by Crippen LogP contribution is 2.04. The number of nitrogens with zero attached hydrogens (tertiary/aromatic N) is 1. The van der Waals surface area contributed by atoms with E-state index < -0.39 is 0 Å². The maximum absolute atomic E-state index is 5.18. The van der Waals surface area contributed by atoms with Crippen LogP contribution >= 0.6 is 0 Å². The third-order valence-electron chi connectivity index (χ3n) is 1.63. The molecule has 2 heteroatoms. The predicted molar refractivity (Wildman–Crippen MR) is 44.6 cm³/mol. The molecule has 0 amide bonds. The summed E-state index contributed by atoms with van der Waals surface area (Å²) in [4.78, 5) is 0. The molecule has 61 valence electrons. The molecule has 0 saturated heterocycles. The molecule has 2 nitrogen and oxygen atoms in total. The number of rotatable bonds is 5. The monoisotopic (exact) mass is 152 g/mol. The minimum Gasteiger partial charge on any atom is -0.469 e. The fourth-order valence-corrected chi connectivity index (χ4v) is 1.02. The Morgan fingerprint density at radius 3 is 3.00 bits per heavy atom. The van der Waals surface area contributed by atoms with Gasteiger partial charge in [-0.2, -0.15) is 0 Å². The van der Waals surface area contributed by atoms with Crippen LogP contribution in [-0.2, 0) is 6.42 Å². The van der Waals surface area contributed by atoms with Gasteiger partial charge in [0, 0.05) is 20.0 Å². The summed E-state index contributed by atoms with van der Waals surface area (Å²) in [6, 6.07) is 3.95. The molecule has 0 aliphatic heterocycles. The molecule has 1 heterocycles. The third kappa shape index (κ3) is 3.23. The highest BCUT2D eigenvalue weighted by Gasteiger charge is 1.93. The summed E-state index contributed by atoms with van der Waals surface area (Å²) in [5.74, 6) is 1.08. The van der Waals surface area contributed by atoms with Crippen LogP contribution in [0.15, 0.2) is 22.8 Å². The maximum Gasteiger partial charge on any atom is 0.103 e. The van der Waals surface area contributed by atoms with E-state index in [1.807, 2.05) is 19.2 Å². The van der Waals surface area contributed by atoms with Crippen molar-refractivity contribution in [3.63, 3.8) is 0 Å². The fraction of sp³-hybridized carbons (Fsp3) is 0.556.